The van der Waals surface area contributed by atoms with Crippen LogP contribution in [0.2, 0.25) is 0 Å². The van der Waals surface area contributed by atoms with Crippen LogP contribution in [-0.2, 0) is 4.79 Å². The second kappa shape index (κ2) is 7.75. The van der Waals surface area contributed by atoms with E-state index in [-0.39, 0.29) is 17.2 Å². The number of nitrogens with one attached hydrogen (secondary N) is 1. The number of thioether (sulfide) groups is 2. The summed E-state index contributed by atoms with van der Waals surface area (Å²) in [4.78, 5) is 12.6. The van der Waals surface area contributed by atoms with Crippen LogP contribution in [0.4, 0.5) is 0 Å². The van der Waals surface area contributed by atoms with Crippen LogP contribution in [-0.4, -0.2) is 28.4 Å². The molecule has 0 spiro atoms. The molecule has 1 atom stereocenters. The van der Waals surface area contributed by atoms with Crippen molar-refractivity contribution in [1.29, 1.82) is 0 Å². The molecule has 1 aliphatic rings. The van der Waals surface area contributed by atoms with Crippen LogP contribution >= 0.6 is 23.5 Å². The van der Waals surface area contributed by atoms with Gasteiger partial charge in [0, 0.05) is 17.3 Å². The molecule has 1 saturated heterocycles. The molecule has 1 amide bonds. The van der Waals surface area contributed by atoms with Gasteiger partial charge in [0.25, 0.3) is 0 Å². The molecule has 0 aliphatic carbocycles. The number of amides is 1. The SMILES string of the molecule is O=C(NC(c1ccccc1)c1ccccc1)C1CSCCS1. The van der Waals surface area contributed by atoms with E-state index in [1.807, 2.05) is 48.2 Å². The Morgan fingerprint density at radius 1 is 0.955 bits per heavy atom. The average Bonchev–Trinajstić information content (AvgIpc) is 2.62. The summed E-state index contributed by atoms with van der Waals surface area (Å²) in [5.41, 5.74) is 2.24. The summed E-state index contributed by atoms with van der Waals surface area (Å²) in [7, 11) is 0. The first kappa shape index (κ1) is 15.5. The zero-order valence-corrected chi connectivity index (χ0v) is 13.9. The zero-order chi connectivity index (χ0) is 15.2. The van der Waals surface area contributed by atoms with Gasteiger partial charge in [-0.1, -0.05) is 60.7 Å². The molecule has 0 bridgehead atoms. The topological polar surface area (TPSA) is 29.1 Å². The van der Waals surface area contributed by atoms with Crippen molar-refractivity contribution in [2.75, 3.05) is 17.3 Å². The van der Waals surface area contributed by atoms with Crippen molar-refractivity contribution in [2.24, 2.45) is 0 Å². The minimum Gasteiger partial charge on any atom is -0.344 e. The van der Waals surface area contributed by atoms with Crippen molar-refractivity contribution < 1.29 is 4.79 Å². The second-order valence-corrected chi connectivity index (χ2v) is 7.66. The van der Waals surface area contributed by atoms with E-state index in [0.29, 0.717) is 0 Å². The standard InChI is InChI=1S/C18H19NOS2/c20-18(16-13-21-11-12-22-16)19-17(14-7-3-1-4-8-14)15-9-5-2-6-10-15/h1-10,16-17H,11-13H2,(H,19,20). The Kier molecular flexibility index (Phi) is 5.46. The van der Waals surface area contributed by atoms with E-state index in [1.54, 1.807) is 11.8 Å². The molecule has 2 aromatic rings. The molecule has 0 aromatic heterocycles. The lowest BCUT2D eigenvalue weighted by Crippen LogP contribution is -2.38. The van der Waals surface area contributed by atoms with Crippen molar-refractivity contribution >= 4 is 29.4 Å². The Morgan fingerprint density at radius 3 is 2.05 bits per heavy atom. The first-order chi connectivity index (χ1) is 10.8. The maximum absolute atomic E-state index is 12.6. The molecule has 2 aromatic carbocycles. The Labute approximate surface area is 140 Å². The molecule has 114 valence electrons. The fourth-order valence-corrected chi connectivity index (χ4v) is 5.09. The maximum Gasteiger partial charge on any atom is 0.234 e. The first-order valence-electron chi connectivity index (χ1n) is 7.44. The Bertz CT molecular complexity index is 557. The van der Waals surface area contributed by atoms with E-state index in [1.165, 1.54) is 0 Å². The van der Waals surface area contributed by atoms with Crippen molar-refractivity contribution in [3.8, 4) is 0 Å². The Balaban J connectivity index is 1.81. The van der Waals surface area contributed by atoms with Crippen LogP contribution in [0, 0.1) is 0 Å². The zero-order valence-electron chi connectivity index (χ0n) is 12.3. The summed E-state index contributed by atoms with van der Waals surface area (Å²) in [6, 6.07) is 20.3. The van der Waals surface area contributed by atoms with E-state index < -0.39 is 0 Å². The van der Waals surface area contributed by atoms with Crippen LogP contribution in [0.5, 0.6) is 0 Å². The van der Waals surface area contributed by atoms with Crippen molar-refractivity contribution in [1.82, 2.24) is 5.32 Å². The molecule has 0 saturated carbocycles. The Hall–Kier alpha value is -1.39. The number of carbonyl (C=O) groups is 1. The quantitative estimate of drug-likeness (QED) is 0.926. The fraction of sp³-hybridized carbons (Fsp3) is 0.278. The summed E-state index contributed by atoms with van der Waals surface area (Å²) < 4.78 is 0. The summed E-state index contributed by atoms with van der Waals surface area (Å²) in [6.45, 7) is 0. The molecular weight excluding hydrogens is 310 g/mol. The summed E-state index contributed by atoms with van der Waals surface area (Å²) in [5, 5.41) is 3.31. The van der Waals surface area contributed by atoms with E-state index in [0.717, 1.165) is 28.4 Å². The van der Waals surface area contributed by atoms with Gasteiger partial charge in [-0.25, -0.2) is 0 Å². The highest BCUT2D eigenvalue weighted by atomic mass is 32.2. The second-order valence-electron chi connectivity index (χ2n) is 5.20. The molecule has 1 fully saturated rings. The van der Waals surface area contributed by atoms with Gasteiger partial charge >= 0.3 is 0 Å². The van der Waals surface area contributed by atoms with Crippen LogP contribution in [0.15, 0.2) is 60.7 Å². The third-order valence-electron chi connectivity index (χ3n) is 3.66. The predicted molar refractivity (Wildman–Crippen MR) is 96.4 cm³/mol. The largest absolute Gasteiger partial charge is 0.344 e. The smallest absolute Gasteiger partial charge is 0.234 e. The van der Waals surface area contributed by atoms with Crippen molar-refractivity contribution in [2.45, 2.75) is 11.3 Å². The summed E-state index contributed by atoms with van der Waals surface area (Å²) >= 11 is 3.64. The van der Waals surface area contributed by atoms with Gasteiger partial charge in [-0.05, 0) is 11.1 Å². The van der Waals surface area contributed by atoms with Gasteiger partial charge in [0.2, 0.25) is 5.91 Å². The van der Waals surface area contributed by atoms with E-state index in [4.69, 9.17) is 0 Å². The molecule has 2 nitrogen and oxygen atoms in total. The van der Waals surface area contributed by atoms with E-state index in [9.17, 15) is 4.79 Å². The van der Waals surface area contributed by atoms with Crippen LogP contribution < -0.4 is 5.32 Å². The minimum atomic E-state index is -0.0811. The van der Waals surface area contributed by atoms with Gasteiger partial charge in [-0.3, -0.25) is 4.79 Å². The highest BCUT2D eigenvalue weighted by Gasteiger charge is 2.25. The van der Waals surface area contributed by atoms with Gasteiger partial charge in [0.05, 0.1) is 11.3 Å². The lowest BCUT2D eigenvalue weighted by atomic mass is 9.98. The van der Waals surface area contributed by atoms with Crippen LogP contribution in [0.3, 0.4) is 0 Å². The average molecular weight is 329 g/mol. The molecular formula is C18H19NOS2. The summed E-state index contributed by atoms with van der Waals surface area (Å²) in [5.74, 6) is 3.27. The highest BCUT2D eigenvalue weighted by Crippen LogP contribution is 2.27. The van der Waals surface area contributed by atoms with Crippen LogP contribution in [0.1, 0.15) is 17.2 Å². The molecule has 1 aliphatic heterocycles. The number of benzene rings is 2. The third kappa shape index (κ3) is 3.87. The summed E-state index contributed by atoms with van der Waals surface area (Å²) in [6.07, 6.45) is 0. The predicted octanol–water partition coefficient (Wildman–Crippen LogP) is 3.74. The highest BCUT2D eigenvalue weighted by molar-refractivity contribution is 8.07. The molecule has 1 heterocycles. The van der Waals surface area contributed by atoms with Crippen molar-refractivity contribution in [3.63, 3.8) is 0 Å². The molecule has 0 radical (unpaired) electrons. The van der Waals surface area contributed by atoms with Crippen molar-refractivity contribution in [3.05, 3.63) is 71.8 Å². The van der Waals surface area contributed by atoms with Gasteiger partial charge in [-0.2, -0.15) is 11.8 Å². The number of hydrogen-bond donors (Lipinski definition) is 1. The lowest BCUT2D eigenvalue weighted by Gasteiger charge is -2.25. The van der Waals surface area contributed by atoms with E-state index >= 15 is 0 Å². The molecule has 1 unspecified atom stereocenters. The van der Waals surface area contributed by atoms with Crippen LogP contribution in [0.25, 0.3) is 0 Å². The number of rotatable bonds is 4. The molecule has 4 heteroatoms. The maximum atomic E-state index is 12.6. The monoisotopic (exact) mass is 329 g/mol. The number of carbonyl (C=O) groups excluding carboxylic acids is 1. The minimum absolute atomic E-state index is 0.0636. The van der Waals surface area contributed by atoms with Gasteiger partial charge in [-0.15, -0.1) is 11.8 Å². The third-order valence-corrected chi connectivity index (χ3v) is 6.41. The van der Waals surface area contributed by atoms with Gasteiger partial charge in [0.1, 0.15) is 0 Å². The molecule has 1 N–H and O–H groups in total. The van der Waals surface area contributed by atoms with E-state index in [2.05, 4.69) is 29.6 Å². The number of hydrogen-bond acceptors (Lipinski definition) is 3. The normalized spacial score (nSPS) is 18.1. The lowest BCUT2D eigenvalue weighted by molar-refractivity contribution is -0.120. The first-order valence-corrected chi connectivity index (χ1v) is 9.64. The molecule has 22 heavy (non-hydrogen) atoms. The fourth-order valence-electron chi connectivity index (χ4n) is 2.52. The molecule has 3 rings (SSSR count). The van der Waals surface area contributed by atoms with Gasteiger partial charge in [0.15, 0.2) is 0 Å². The van der Waals surface area contributed by atoms with Gasteiger partial charge < -0.3 is 5.32 Å². The Morgan fingerprint density at radius 2 is 1.55 bits per heavy atom.